The van der Waals surface area contributed by atoms with Crippen molar-refractivity contribution >= 4 is 49.8 Å². The maximum atomic E-state index is 6.11. The molecule has 0 amide bonds. The Labute approximate surface area is 349 Å². The van der Waals surface area contributed by atoms with Crippen molar-refractivity contribution < 1.29 is 4.42 Å². The number of hydrogen-bond donors (Lipinski definition) is 0. The van der Waals surface area contributed by atoms with Gasteiger partial charge in [0.1, 0.15) is 11.2 Å². The van der Waals surface area contributed by atoms with Crippen molar-refractivity contribution in [3.63, 3.8) is 0 Å². The van der Waals surface area contributed by atoms with Gasteiger partial charge in [0.25, 0.3) is 0 Å². The lowest BCUT2D eigenvalue weighted by Crippen LogP contribution is -2.09. The summed E-state index contributed by atoms with van der Waals surface area (Å²) in [6, 6.07) is 84.9. The number of fused-ring (bicyclic) bond motifs is 4. The maximum absolute atomic E-state index is 6.11. The number of hydrogen-bond acceptors (Lipinski definition) is 2. The Morgan fingerprint density at radius 2 is 0.667 bits per heavy atom. The standard InChI is InChI=1S/C58H39NO/c1-2-10-40(11-3-1)42-24-31-50(32-25-42)59(52-35-28-45(29-36-52)48-30-37-58-56(39-48)55-17-6-7-19-57(55)60-58)51-33-26-43(27-34-51)41-20-22-44(23-21-41)47-14-8-15-49(38-47)54-18-9-13-46-12-4-5-16-53(46)54/h1-39H. The van der Waals surface area contributed by atoms with E-state index in [4.69, 9.17) is 4.42 Å². The van der Waals surface area contributed by atoms with Crippen LogP contribution in [0.1, 0.15) is 0 Å². The summed E-state index contributed by atoms with van der Waals surface area (Å²) in [4.78, 5) is 2.33. The molecular weight excluding hydrogens is 727 g/mol. The van der Waals surface area contributed by atoms with E-state index in [9.17, 15) is 0 Å². The number of benzene rings is 10. The molecule has 10 aromatic carbocycles. The summed E-state index contributed by atoms with van der Waals surface area (Å²) in [5.41, 5.74) is 17.0. The minimum absolute atomic E-state index is 0.906. The molecule has 1 heterocycles. The van der Waals surface area contributed by atoms with E-state index in [0.717, 1.165) is 50.1 Å². The van der Waals surface area contributed by atoms with Gasteiger partial charge in [-0.15, -0.1) is 0 Å². The molecule has 1 aromatic heterocycles. The van der Waals surface area contributed by atoms with Gasteiger partial charge in [0.15, 0.2) is 0 Å². The van der Waals surface area contributed by atoms with E-state index in [2.05, 4.69) is 229 Å². The molecule has 2 nitrogen and oxygen atoms in total. The number of para-hydroxylation sites is 1. The van der Waals surface area contributed by atoms with Crippen LogP contribution in [0.3, 0.4) is 0 Å². The Morgan fingerprint density at radius 3 is 1.32 bits per heavy atom. The van der Waals surface area contributed by atoms with Crippen LogP contribution in [0.25, 0.3) is 88.3 Å². The smallest absolute Gasteiger partial charge is 0.135 e. The first-order valence-electron chi connectivity index (χ1n) is 20.5. The minimum Gasteiger partial charge on any atom is -0.456 e. The summed E-state index contributed by atoms with van der Waals surface area (Å²) in [6.07, 6.45) is 0. The van der Waals surface area contributed by atoms with E-state index in [-0.39, 0.29) is 0 Å². The van der Waals surface area contributed by atoms with Crippen LogP contribution < -0.4 is 4.90 Å². The molecule has 0 fully saturated rings. The predicted octanol–water partition coefficient (Wildman–Crippen LogP) is 16.5. The van der Waals surface area contributed by atoms with Crippen molar-refractivity contribution in [1.82, 2.24) is 0 Å². The lowest BCUT2D eigenvalue weighted by molar-refractivity contribution is 0.669. The van der Waals surface area contributed by atoms with E-state index < -0.39 is 0 Å². The Balaban J connectivity index is 0.898. The second-order valence-corrected chi connectivity index (χ2v) is 15.3. The van der Waals surface area contributed by atoms with Gasteiger partial charge in [-0.1, -0.05) is 176 Å². The van der Waals surface area contributed by atoms with Gasteiger partial charge in [-0.2, -0.15) is 0 Å². The fourth-order valence-corrected chi connectivity index (χ4v) is 8.59. The Kier molecular flexibility index (Phi) is 8.87. The fraction of sp³-hybridized carbons (Fsp3) is 0. The highest BCUT2D eigenvalue weighted by Crippen LogP contribution is 2.39. The van der Waals surface area contributed by atoms with Gasteiger partial charge in [-0.25, -0.2) is 0 Å². The molecule has 0 unspecified atom stereocenters. The van der Waals surface area contributed by atoms with Crippen LogP contribution in [0.4, 0.5) is 17.1 Å². The summed E-state index contributed by atoms with van der Waals surface area (Å²) >= 11 is 0. The molecule has 0 saturated heterocycles. The average molecular weight is 766 g/mol. The van der Waals surface area contributed by atoms with Crippen molar-refractivity contribution in [2.45, 2.75) is 0 Å². The molecule has 2 heteroatoms. The van der Waals surface area contributed by atoms with E-state index in [1.807, 2.05) is 12.1 Å². The van der Waals surface area contributed by atoms with E-state index in [1.54, 1.807) is 0 Å². The van der Waals surface area contributed by atoms with Crippen molar-refractivity contribution in [1.29, 1.82) is 0 Å². The summed E-state index contributed by atoms with van der Waals surface area (Å²) in [5.74, 6) is 0. The zero-order chi connectivity index (χ0) is 39.8. The molecule has 282 valence electrons. The molecule has 0 radical (unpaired) electrons. The van der Waals surface area contributed by atoms with Crippen LogP contribution in [0.2, 0.25) is 0 Å². The SMILES string of the molecule is c1ccc(-c2ccc(N(c3ccc(-c4ccc(-c5cccc(-c6cccc7ccccc67)c5)cc4)cc3)c3ccc(-c4ccc5oc6ccccc6c5c4)cc3)cc2)cc1. The van der Waals surface area contributed by atoms with E-state index >= 15 is 0 Å². The van der Waals surface area contributed by atoms with Crippen LogP contribution in [0, 0.1) is 0 Å². The van der Waals surface area contributed by atoms with Crippen LogP contribution in [-0.2, 0) is 0 Å². The summed E-state index contributed by atoms with van der Waals surface area (Å²) in [6.45, 7) is 0. The molecule has 0 spiro atoms. The highest BCUT2D eigenvalue weighted by atomic mass is 16.3. The quantitative estimate of drug-likeness (QED) is 0.153. The maximum Gasteiger partial charge on any atom is 0.135 e. The third-order valence-corrected chi connectivity index (χ3v) is 11.7. The van der Waals surface area contributed by atoms with Gasteiger partial charge in [0, 0.05) is 27.8 Å². The highest BCUT2D eigenvalue weighted by molar-refractivity contribution is 6.06. The van der Waals surface area contributed by atoms with Gasteiger partial charge in [0.05, 0.1) is 0 Å². The first-order chi connectivity index (χ1) is 29.7. The monoisotopic (exact) mass is 765 g/mol. The van der Waals surface area contributed by atoms with Crippen LogP contribution in [0.5, 0.6) is 0 Å². The van der Waals surface area contributed by atoms with Crippen LogP contribution in [-0.4, -0.2) is 0 Å². The zero-order valence-corrected chi connectivity index (χ0v) is 32.9. The number of furan rings is 1. The number of anilines is 3. The Bertz CT molecular complexity index is 3270. The van der Waals surface area contributed by atoms with Gasteiger partial charge in [-0.05, 0) is 127 Å². The number of rotatable bonds is 8. The molecule has 11 rings (SSSR count). The third-order valence-electron chi connectivity index (χ3n) is 11.7. The third kappa shape index (κ3) is 6.61. The van der Waals surface area contributed by atoms with E-state index in [0.29, 0.717) is 0 Å². The van der Waals surface area contributed by atoms with Gasteiger partial charge in [0.2, 0.25) is 0 Å². The molecule has 0 atom stereocenters. The largest absolute Gasteiger partial charge is 0.456 e. The van der Waals surface area contributed by atoms with E-state index in [1.165, 1.54) is 55.3 Å². The molecule has 0 aliphatic carbocycles. The summed E-state index contributed by atoms with van der Waals surface area (Å²) in [7, 11) is 0. The van der Waals surface area contributed by atoms with Crippen molar-refractivity contribution in [3.05, 3.63) is 237 Å². The van der Waals surface area contributed by atoms with Gasteiger partial charge < -0.3 is 9.32 Å². The predicted molar refractivity (Wildman–Crippen MR) is 253 cm³/mol. The summed E-state index contributed by atoms with van der Waals surface area (Å²) in [5, 5.41) is 4.80. The second-order valence-electron chi connectivity index (χ2n) is 15.3. The fourth-order valence-electron chi connectivity index (χ4n) is 8.59. The first-order valence-corrected chi connectivity index (χ1v) is 20.5. The lowest BCUT2D eigenvalue weighted by atomic mass is 9.94. The molecule has 0 bridgehead atoms. The molecular formula is C58H39NO. The van der Waals surface area contributed by atoms with Crippen LogP contribution in [0.15, 0.2) is 241 Å². The van der Waals surface area contributed by atoms with Crippen molar-refractivity contribution in [2.75, 3.05) is 4.90 Å². The topological polar surface area (TPSA) is 16.4 Å². The van der Waals surface area contributed by atoms with Gasteiger partial charge >= 0.3 is 0 Å². The van der Waals surface area contributed by atoms with Gasteiger partial charge in [-0.3, -0.25) is 0 Å². The lowest BCUT2D eigenvalue weighted by Gasteiger charge is -2.26. The van der Waals surface area contributed by atoms with Crippen molar-refractivity contribution in [2.24, 2.45) is 0 Å². The molecule has 0 saturated carbocycles. The minimum atomic E-state index is 0.906. The first kappa shape index (κ1) is 35.2. The normalized spacial score (nSPS) is 11.3. The second kappa shape index (κ2) is 15.1. The molecule has 0 aliphatic rings. The highest BCUT2D eigenvalue weighted by Gasteiger charge is 2.15. The molecule has 11 aromatic rings. The Hall–Kier alpha value is -7.94. The molecule has 60 heavy (non-hydrogen) atoms. The number of nitrogens with zero attached hydrogens (tertiary/aromatic N) is 1. The zero-order valence-electron chi connectivity index (χ0n) is 32.9. The Morgan fingerprint density at radius 1 is 0.250 bits per heavy atom. The molecule has 0 aliphatic heterocycles. The summed E-state index contributed by atoms with van der Waals surface area (Å²) < 4.78 is 6.11. The van der Waals surface area contributed by atoms with Crippen molar-refractivity contribution in [3.8, 4) is 55.6 Å². The molecule has 0 N–H and O–H groups in total. The average Bonchev–Trinajstić information content (AvgIpc) is 3.71. The van der Waals surface area contributed by atoms with Crippen LogP contribution >= 0.6 is 0 Å².